The molecule has 5 rings (SSSR count). The first-order valence-corrected chi connectivity index (χ1v) is 11.5. The maximum Gasteiger partial charge on any atom is 0.421 e. The molecule has 37 heavy (non-hydrogen) atoms. The highest BCUT2D eigenvalue weighted by molar-refractivity contribution is 6.31. The summed E-state index contributed by atoms with van der Waals surface area (Å²) >= 11 is 6.43. The van der Waals surface area contributed by atoms with Crippen LogP contribution in [-0.2, 0) is 19.3 Å². The number of pyridine rings is 3. The molecule has 0 N–H and O–H groups in total. The lowest BCUT2D eigenvalue weighted by Crippen LogP contribution is -2.28. The molecule has 0 radical (unpaired) electrons. The number of hydrogen-bond donors (Lipinski definition) is 0. The Hall–Kier alpha value is -4.18. The van der Waals surface area contributed by atoms with Crippen molar-refractivity contribution in [3.05, 3.63) is 111 Å². The Kier molecular flexibility index (Phi) is 6.43. The van der Waals surface area contributed by atoms with Gasteiger partial charge in [0.05, 0.1) is 22.9 Å². The average molecular weight is 526 g/mol. The summed E-state index contributed by atoms with van der Waals surface area (Å²) in [5, 5.41) is 5.45. The van der Waals surface area contributed by atoms with Crippen molar-refractivity contribution >= 4 is 22.5 Å². The van der Waals surface area contributed by atoms with E-state index in [1.54, 1.807) is 23.0 Å². The summed E-state index contributed by atoms with van der Waals surface area (Å²) in [5.74, 6) is 0.483. The molecule has 0 bridgehead atoms. The monoisotopic (exact) mass is 525 g/mol. The number of alkyl halides is 3. The number of aryl methyl sites for hydroxylation is 1. The van der Waals surface area contributed by atoms with Gasteiger partial charge in [-0.05, 0) is 43.3 Å². The lowest BCUT2D eigenvalue weighted by Gasteiger charge is -2.16. The van der Waals surface area contributed by atoms with Crippen LogP contribution in [0.2, 0.25) is 5.02 Å². The number of halogens is 4. The third-order valence-corrected chi connectivity index (χ3v) is 6.12. The van der Waals surface area contributed by atoms with E-state index in [0.29, 0.717) is 27.5 Å². The molecule has 0 atom stereocenters. The van der Waals surface area contributed by atoms with Crippen LogP contribution >= 0.6 is 11.6 Å². The van der Waals surface area contributed by atoms with Crippen LogP contribution in [0.25, 0.3) is 16.6 Å². The molecular formula is C26H19ClF3N5O2. The van der Waals surface area contributed by atoms with Crippen LogP contribution in [-0.4, -0.2) is 24.3 Å². The van der Waals surface area contributed by atoms with Crippen LogP contribution in [0.1, 0.15) is 22.5 Å². The summed E-state index contributed by atoms with van der Waals surface area (Å²) in [5.41, 5.74) is 0.563. The number of hydrogen-bond acceptors (Lipinski definition) is 5. The van der Waals surface area contributed by atoms with E-state index in [-0.39, 0.29) is 13.2 Å². The molecule has 0 aliphatic rings. The highest BCUT2D eigenvalue weighted by Crippen LogP contribution is 2.31. The van der Waals surface area contributed by atoms with Gasteiger partial charge in [0.1, 0.15) is 23.4 Å². The van der Waals surface area contributed by atoms with E-state index in [1.807, 2.05) is 37.4 Å². The van der Waals surface area contributed by atoms with Gasteiger partial charge < -0.3 is 9.30 Å². The number of rotatable bonds is 6. The summed E-state index contributed by atoms with van der Waals surface area (Å²) in [6.07, 6.45) is 1.46. The normalized spacial score (nSPS) is 11.7. The lowest BCUT2D eigenvalue weighted by atomic mass is 10.1. The van der Waals surface area contributed by atoms with Crippen molar-refractivity contribution in [3.8, 4) is 11.4 Å². The lowest BCUT2D eigenvalue weighted by molar-refractivity contribution is -0.138. The van der Waals surface area contributed by atoms with Gasteiger partial charge in [-0.1, -0.05) is 23.7 Å². The van der Waals surface area contributed by atoms with Crippen LogP contribution in [0.15, 0.2) is 78.1 Å². The summed E-state index contributed by atoms with van der Waals surface area (Å²) in [7, 11) is 0. The third-order valence-electron chi connectivity index (χ3n) is 5.77. The third kappa shape index (κ3) is 4.92. The molecule has 1 aromatic carbocycles. The first-order chi connectivity index (χ1) is 17.7. The molecule has 188 valence electrons. The van der Waals surface area contributed by atoms with Crippen molar-refractivity contribution < 1.29 is 17.9 Å². The maximum absolute atomic E-state index is 13.2. The van der Waals surface area contributed by atoms with Gasteiger partial charge in [-0.3, -0.25) is 9.78 Å². The summed E-state index contributed by atoms with van der Waals surface area (Å²) in [4.78, 5) is 21.4. The predicted octanol–water partition coefficient (Wildman–Crippen LogP) is 5.59. The Morgan fingerprint density at radius 2 is 1.89 bits per heavy atom. The summed E-state index contributed by atoms with van der Waals surface area (Å²) < 4.78 is 48.4. The minimum Gasteiger partial charge on any atom is -0.486 e. The molecule has 0 saturated heterocycles. The Balaban J connectivity index is 1.49. The average Bonchev–Trinajstić information content (AvgIpc) is 3.39. The van der Waals surface area contributed by atoms with Crippen molar-refractivity contribution in [1.82, 2.24) is 24.3 Å². The predicted molar refractivity (Wildman–Crippen MR) is 132 cm³/mol. The van der Waals surface area contributed by atoms with Crippen LogP contribution < -0.4 is 10.3 Å². The van der Waals surface area contributed by atoms with Gasteiger partial charge in [-0.25, -0.2) is 9.67 Å². The number of para-hydroxylation sites is 1. The van der Waals surface area contributed by atoms with Crippen molar-refractivity contribution in [1.29, 1.82) is 0 Å². The van der Waals surface area contributed by atoms with E-state index in [4.69, 9.17) is 16.3 Å². The largest absolute Gasteiger partial charge is 0.486 e. The fraction of sp³-hybridized carbons (Fsp3) is 0.154. The standard InChI is InChI=1S/C26H19ClF3N5O2/c1-16-13-22(35-12-4-9-32-35)17-5-2-7-23(24(17)33-16)37-15-18-20(27)8-10-31-21(18)14-34-11-3-6-19(25(34)36)26(28,29)30/h2-13H,14-15H2,1H3. The van der Waals surface area contributed by atoms with Crippen molar-refractivity contribution in [2.75, 3.05) is 0 Å². The summed E-state index contributed by atoms with van der Waals surface area (Å²) in [6, 6.07) is 12.7. The minimum absolute atomic E-state index is 0.0401. The molecule has 5 aromatic rings. The van der Waals surface area contributed by atoms with Crippen molar-refractivity contribution in [3.63, 3.8) is 0 Å². The van der Waals surface area contributed by atoms with E-state index in [2.05, 4.69) is 15.1 Å². The van der Waals surface area contributed by atoms with Gasteiger partial charge in [0.15, 0.2) is 0 Å². The highest BCUT2D eigenvalue weighted by atomic mass is 35.5. The highest BCUT2D eigenvalue weighted by Gasteiger charge is 2.34. The topological polar surface area (TPSA) is 74.8 Å². The Bertz CT molecular complexity index is 1650. The zero-order valence-electron chi connectivity index (χ0n) is 19.4. The van der Waals surface area contributed by atoms with Gasteiger partial charge in [0.2, 0.25) is 0 Å². The molecule has 0 saturated carbocycles. The molecule has 4 heterocycles. The Morgan fingerprint density at radius 1 is 1.05 bits per heavy atom. The molecule has 0 unspecified atom stereocenters. The Morgan fingerprint density at radius 3 is 2.65 bits per heavy atom. The second kappa shape index (κ2) is 9.70. The smallest absolute Gasteiger partial charge is 0.421 e. The van der Waals surface area contributed by atoms with Crippen LogP contribution in [0.4, 0.5) is 13.2 Å². The maximum atomic E-state index is 13.2. The molecule has 0 fully saturated rings. The van der Waals surface area contributed by atoms with Gasteiger partial charge >= 0.3 is 6.18 Å². The number of benzene rings is 1. The SMILES string of the molecule is Cc1cc(-n2cccn2)c2cccc(OCc3c(Cl)ccnc3Cn3cccc(C(F)(F)F)c3=O)c2n1. The molecule has 7 nitrogen and oxygen atoms in total. The van der Waals surface area contributed by atoms with Crippen molar-refractivity contribution in [2.24, 2.45) is 0 Å². The van der Waals surface area contributed by atoms with Crippen LogP contribution in [0.5, 0.6) is 5.75 Å². The number of fused-ring (bicyclic) bond motifs is 1. The molecular weight excluding hydrogens is 507 g/mol. The van der Waals surface area contributed by atoms with Gasteiger partial charge in [0.25, 0.3) is 5.56 Å². The fourth-order valence-electron chi connectivity index (χ4n) is 4.03. The summed E-state index contributed by atoms with van der Waals surface area (Å²) in [6.45, 7) is 1.62. The Labute approximate surface area is 213 Å². The molecule has 0 amide bonds. The molecule has 0 spiro atoms. The molecule has 0 aliphatic heterocycles. The van der Waals surface area contributed by atoms with Crippen LogP contribution in [0.3, 0.4) is 0 Å². The van der Waals surface area contributed by atoms with E-state index in [9.17, 15) is 18.0 Å². The van der Waals surface area contributed by atoms with E-state index < -0.39 is 17.3 Å². The van der Waals surface area contributed by atoms with Gasteiger partial charge in [-0.2, -0.15) is 18.3 Å². The second-order valence-corrected chi connectivity index (χ2v) is 8.65. The van der Waals surface area contributed by atoms with E-state index in [0.717, 1.165) is 27.4 Å². The quantitative estimate of drug-likeness (QED) is 0.289. The molecule has 4 aromatic heterocycles. The number of nitrogens with zero attached hydrogens (tertiary/aromatic N) is 5. The van der Waals surface area contributed by atoms with Gasteiger partial charge in [0, 0.05) is 41.4 Å². The number of ether oxygens (including phenoxy) is 1. The molecule has 0 aliphatic carbocycles. The van der Waals surface area contributed by atoms with Crippen LogP contribution in [0, 0.1) is 6.92 Å². The number of aromatic nitrogens is 5. The minimum atomic E-state index is -4.76. The van der Waals surface area contributed by atoms with E-state index >= 15 is 0 Å². The van der Waals surface area contributed by atoms with Crippen molar-refractivity contribution in [2.45, 2.75) is 26.3 Å². The second-order valence-electron chi connectivity index (χ2n) is 8.25. The fourth-order valence-corrected chi connectivity index (χ4v) is 4.25. The first-order valence-electron chi connectivity index (χ1n) is 11.1. The zero-order chi connectivity index (χ0) is 26.2. The van der Waals surface area contributed by atoms with E-state index in [1.165, 1.54) is 18.5 Å². The molecule has 11 heteroatoms. The van der Waals surface area contributed by atoms with Gasteiger partial charge in [-0.15, -0.1) is 0 Å². The zero-order valence-corrected chi connectivity index (χ0v) is 20.2. The first kappa shape index (κ1) is 24.5.